The fourth-order valence-electron chi connectivity index (χ4n) is 1.96. The Balaban J connectivity index is 1.95. The minimum absolute atomic E-state index is 0.194. The molecule has 2 N–H and O–H groups in total. The SMILES string of the molecule is O=C(Nc1nccc2oc(CO)cc12)c1ccccc1. The van der Waals surface area contributed by atoms with Gasteiger partial charge in [-0.1, -0.05) is 18.2 Å². The van der Waals surface area contributed by atoms with Gasteiger partial charge in [-0.2, -0.15) is 0 Å². The van der Waals surface area contributed by atoms with E-state index in [-0.39, 0.29) is 12.5 Å². The van der Waals surface area contributed by atoms with Gasteiger partial charge in [0.25, 0.3) is 5.91 Å². The number of hydrogen-bond acceptors (Lipinski definition) is 4. The van der Waals surface area contributed by atoms with Crippen molar-refractivity contribution in [2.75, 3.05) is 5.32 Å². The summed E-state index contributed by atoms with van der Waals surface area (Å²) in [6.07, 6.45) is 1.55. The van der Waals surface area contributed by atoms with Gasteiger partial charge in [0, 0.05) is 11.8 Å². The molecule has 0 aliphatic carbocycles. The molecule has 0 unspecified atom stereocenters. The Labute approximate surface area is 114 Å². The molecule has 0 radical (unpaired) electrons. The van der Waals surface area contributed by atoms with Crippen molar-refractivity contribution in [2.24, 2.45) is 0 Å². The molecule has 5 heteroatoms. The Morgan fingerprint density at radius 2 is 2.05 bits per heavy atom. The Kier molecular flexibility index (Phi) is 3.18. The van der Waals surface area contributed by atoms with E-state index in [4.69, 9.17) is 9.52 Å². The van der Waals surface area contributed by atoms with Crippen LogP contribution in [0.4, 0.5) is 5.82 Å². The summed E-state index contributed by atoms with van der Waals surface area (Å²) < 4.78 is 5.40. The van der Waals surface area contributed by atoms with Crippen LogP contribution in [0.1, 0.15) is 16.1 Å². The molecule has 0 aliphatic heterocycles. The maximum absolute atomic E-state index is 12.1. The lowest BCUT2D eigenvalue weighted by Crippen LogP contribution is -2.12. The Bertz CT molecular complexity index is 750. The van der Waals surface area contributed by atoms with Crippen molar-refractivity contribution in [1.82, 2.24) is 4.98 Å². The Hall–Kier alpha value is -2.66. The highest BCUT2D eigenvalue weighted by Crippen LogP contribution is 2.25. The summed E-state index contributed by atoms with van der Waals surface area (Å²) in [6.45, 7) is -0.194. The lowest BCUT2D eigenvalue weighted by molar-refractivity contribution is 0.102. The van der Waals surface area contributed by atoms with Crippen LogP contribution in [-0.4, -0.2) is 16.0 Å². The number of aromatic nitrogens is 1. The minimum atomic E-state index is -0.239. The van der Waals surface area contributed by atoms with Crippen LogP contribution in [0.15, 0.2) is 53.1 Å². The minimum Gasteiger partial charge on any atom is -0.458 e. The van der Waals surface area contributed by atoms with Crippen LogP contribution in [0.5, 0.6) is 0 Å². The molecule has 0 spiro atoms. The topological polar surface area (TPSA) is 75.4 Å². The van der Waals surface area contributed by atoms with E-state index in [0.717, 1.165) is 0 Å². The number of aliphatic hydroxyl groups excluding tert-OH is 1. The average molecular weight is 268 g/mol. The number of amides is 1. The fraction of sp³-hybridized carbons (Fsp3) is 0.0667. The number of rotatable bonds is 3. The summed E-state index contributed by atoms with van der Waals surface area (Å²) in [5.41, 5.74) is 1.13. The number of carbonyl (C=O) groups is 1. The van der Waals surface area contributed by atoms with E-state index in [0.29, 0.717) is 28.1 Å². The first kappa shape index (κ1) is 12.4. The van der Waals surface area contributed by atoms with Crippen LogP contribution >= 0.6 is 0 Å². The van der Waals surface area contributed by atoms with Gasteiger partial charge in [-0.05, 0) is 24.3 Å². The first-order valence-electron chi connectivity index (χ1n) is 6.12. The second-order valence-electron chi connectivity index (χ2n) is 4.26. The predicted molar refractivity (Wildman–Crippen MR) is 74.3 cm³/mol. The number of carbonyl (C=O) groups excluding carboxylic acids is 1. The second kappa shape index (κ2) is 5.14. The summed E-state index contributed by atoms with van der Waals surface area (Å²) in [7, 11) is 0. The smallest absolute Gasteiger partial charge is 0.256 e. The molecule has 1 amide bonds. The molecule has 20 heavy (non-hydrogen) atoms. The molecular weight excluding hydrogens is 256 g/mol. The van der Waals surface area contributed by atoms with Gasteiger partial charge in [0.05, 0.1) is 5.39 Å². The number of benzene rings is 1. The molecule has 0 bridgehead atoms. The molecule has 0 fully saturated rings. The van der Waals surface area contributed by atoms with Crippen LogP contribution in [0, 0.1) is 0 Å². The average Bonchev–Trinajstić information content (AvgIpc) is 2.92. The van der Waals surface area contributed by atoms with Crippen molar-refractivity contribution in [1.29, 1.82) is 0 Å². The van der Waals surface area contributed by atoms with Gasteiger partial charge in [-0.3, -0.25) is 4.79 Å². The number of aliphatic hydroxyl groups is 1. The summed E-state index contributed by atoms with van der Waals surface area (Å²) in [4.78, 5) is 16.2. The zero-order chi connectivity index (χ0) is 13.9. The van der Waals surface area contributed by atoms with Crippen molar-refractivity contribution < 1.29 is 14.3 Å². The maximum atomic E-state index is 12.1. The van der Waals surface area contributed by atoms with E-state index in [1.807, 2.05) is 6.07 Å². The van der Waals surface area contributed by atoms with Gasteiger partial charge in [0.1, 0.15) is 23.8 Å². The molecule has 0 atom stereocenters. The largest absolute Gasteiger partial charge is 0.458 e. The van der Waals surface area contributed by atoms with E-state index in [1.54, 1.807) is 42.6 Å². The molecule has 0 aliphatic rings. The molecule has 1 aromatic carbocycles. The Morgan fingerprint density at radius 3 is 2.80 bits per heavy atom. The van der Waals surface area contributed by atoms with Gasteiger partial charge >= 0.3 is 0 Å². The second-order valence-corrected chi connectivity index (χ2v) is 4.26. The number of pyridine rings is 1. The molecule has 2 aromatic heterocycles. The van der Waals surface area contributed by atoms with Crippen LogP contribution in [0.3, 0.4) is 0 Å². The predicted octanol–water partition coefficient (Wildman–Crippen LogP) is 2.57. The molecule has 5 nitrogen and oxygen atoms in total. The molecule has 100 valence electrons. The summed E-state index contributed by atoms with van der Waals surface area (Å²) >= 11 is 0. The number of hydrogen-bond donors (Lipinski definition) is 2. The van der Waals surface area contributed by atoms with Crippen LogP contribution in [-0.2, 0) is 6.61 Å². The molecule has 3 aromatic rings. The van der Waals surface area contributed by atoms with Gasteiger partial charge in [0.15, 0.2) is 0 Å². The van der Waals surface area contributed by atoms with Crippen molar-refractivity contribution in [2.45, 2.75) is 6.61 Å². The van der Waals surface area contributed by atoms with E-state index >= 15 is 0 Å². The fourth-order valence-corrected chi connectivity index (χ4v) is 1.96. The van der Waals surface area contributed by atoms with E-state index < -0.39 is 0 Å². The number of anilines is 1. The zero-order valence-corrected chi connectivity index (χ0v) is 10.5. The normalized spacial score (nSPS) is 10.7. The van der Waals surface area contributed by atoms with Crippen LogP contribution in [0.25, 0.3) is 11.0 Å². The lowest BCUT2D eigenvalue weighted by atomic mass is 10.2. The first-order valence-corrected chi connectivity index (χ1v) is 6.12. The highest BCUT2D eigenvalue weighted by molar-refractivity contribution is 6.07. The maximum Gasteiger partial charge on any atom is 0.256 e. The highest BCUT2D eigenvalue weighted by atomic mass is 16.4. The summed E-state index contributed by atoms with van der Waals surface area (Å²) in [5, 5.41) is 12.5. The van der Waals surface area contributed by atoms with Gasteiger partial charge < -0.3 is 14.8 Å². The molecule has 3 rings (SSSR count). The van der Waals surface area contributed by atoms with Crippen molar-refractivity contribution >= 4 is 22.7 Å². The molecular formula is C15H12N2O3. The highest BCUT2D eigenvalue weighted by Gasteiger charge is 2.12. The molecule has 0 saturated carbocycles. The standard InChI is InChI=1S/C15H12N2O3/c18-9-11-8-12-13(20-11)6-7-16-14(12)17-15(19)10-4-2-1-3-5-10/h1-8,18H,9H2,(H,16,17,19). The number of nitrogens with zero attached hydrogens (tertiary/aromatic N) is 1. The van der Waals surface area contributed by atoms with E-state index in [2.05, 4.69) is 10.3 Å². The van der Waals surface area contributed by atoms with Crippen molar-refractivity contribution in [3.63, 3.8) is 0 Å². The first-order chi connectivity index (χ1) is 9.78. The number of furan rings is 1. The van der Waals surface area contributed by atoms with Crippen LogP contribution in [0.2, 0.25) is 0 Å². The third kappa shape index (κ3) is 2.26. The molecule has 2 heterocycles. The van der Waals surface area contributed by atoms with Crippen molar-refractivity contribution in [3.05, 3.63) is 60.0 Å². The van der Waals surface area contributed by atoms with Crippen molar-refractivity contribution in [3.8, 4) is 0 Å². The quantitative estimate of drug-likeness (QED) is 0.765. The monoisotopic (exact) mass is 268 g/mol. The van der Waals surface area contributed by atoms with Gasteiger partial charge in [-0.15, -0.1) is 0 Å². The lowest BCUT2D eigenvalue weighted by Gasteiger charge is -2.04. The van der Waals surface area contributed by atoms with E-state index in [9.17, 15) is 4.79 Å². The number of fused-ring (bicyclic) bond motifs is 1. The van der Waals surface area contributed by atoms with E-state index in [1.165, 1.54) is 0 Å². The Morgan fingerprint density at radius 1 is 1.25 bits per heavy atom. The van der Waals surface area contributed by atoms with Gasteiger partial charge in [0.2, 0.25) is 0 Å². The third-order valence-electron chi connectivity index (χ3n) is 2.92. The number of nitrogens with one attached hydrogen (secondary N) is 1. The zero-order valence-electron chi connectivity index (χ0n) is 10.5. The third-order valence-corrected chi connectivity index (χ3v) is 2.92. The summed E-state index contributed by atoms with van der Waals surface area (Å²) in [6, 6.07) is 12.2. The van der Waals surface area contributed by atoms with Gasteiger partial charge in [-0.25, -0.2) is 4.98 Å². The van der Waals surface area contributed by atoms with Crippen LogP contribution < -0.4 is 5.32 Å². The molecule has 0 saturated heterocycles. The summed E-state index contributed by atoms with van der Waals surface area (Å²) in [5.74, 6) is 0.611.